The smallest absolute Gasteiger partial charge is 0.323 e. The molecule has 2 aromatic heterocycles. The number of carbonyl (C=O) groups is 1. The van der Waals surface area contributed by atoms with E-state index in [0.29, 0.717) is 28.7 Å². The Morgan fingerprint density at radius 1 is 0.966 bits per heavy atom. The number of imidazole rings is 1. The van der Waals surface area contributed by atoms with Crippen molar-refractivity contribution in [2.45, 2.75) is 0 Å². The standard InChI is InChI=1S/C21H19N5O3/c1-28-17-10-16(11-18(12-17)29-2)24-21(27)23-15-6-3-5-14(9-15)19-13-26-8-4-7-22-20(26)25-19/h3-13H,1-2H3,(H2,23,24,27). The number of nitrogens with one attached hydrogen (secondary N) is 2. The van der Waals surface area contributed by atoms with Gasteiger partial charge >= 0.3 is 6.03 Å². The number of aromatic nitrogens is 3. The SMILES string of the molecule is COc1cc(NC(=O)Nc2cccc(-c3cn4cccnc4n3)c2)cc(OC)c1. The van der Waals surface area contributed by atoms with Crippen LogP contribution in [0.4, 0.5) is 16.2 Å². The number of hydrogen-bond donors (Lipinski definition) is 2. The van der Waals surface area contributed by atoms with Crippen molar-refractivity contribution >= 4 is 23.2 Å². The Morgan fingerprint density at radius 2 is 1.72 bits per heavy atom. The van der Waals surface area contributed by atoms with E-state index in [2.05, 4.69) is 20.6 Å². The monoisotopic (exact) mass is 389 g/mol. The number of amides is 2. The highest BCUT2D eigenvalue weighted by molar-refractivity contribution is 6.00. The Morgan fingerprint density at radius 3 is 2.45 bits per heavy atom. The molecule has 0 bridgehead atoms. The number of carbonyl (C=O) groups excluding carboxylic acids is 1. The Kier molecular flexibility index (Phi) is 4.98. The normalized spacial score (nSPS) is 10.6. The zero-order valence-electron chi connectivity index (χ0n) is 15.9. The second-order valence-corrected chi connectivity index (χ2v) is 6.21. The summed E-state index contributed by atoms with van der Waals surface area (Å²) in [6.07, 6.45) is 5.48. The molecule has 0 saturated carbocycles. The van der Waals surface area contributed by atoms with Gasteiger partial charge in [0.1, 0.15) is 11.5 Å². The molecule has 2 N–H and O–H groups in total. The molecule has 4 aromatic rings. The van der Waals surface area contributed by atoms with Crippen LogP contribution in [-0.2, 0) is 0 Å². The molecule has 0 saturated heterocycles. The van der Waals surface area contributed by atoms with Crippen molar-refractivity contribution in [2.24, 2.45) is 0 Å². The zero-order valence-corrected chi connectivity index (χ0v) is 15.9. The van der Waals surface area contributed by atoms with Gasteiger partial charge in [0.05, 0.1) is 19.9 Å². The summed E-state index contributed by atoms with van der Waals surface area (Å²) in [6, 6.07) is 14.1. The molecule has 0 radical (unpaired) electrons. The molecule has 29 heavy (non-hydrogen) atoms. The molecule has 0 aliphatic carbocycles. The number of hydrogen-bond acceptors (Lipinski definition) is 5. The third-order valence-electron chi connectivity index (χ3n) is 4.26. The summed E-state index contributed by atoms with van der Waals surface area (Å²) >= 11 is 0. The molecule has 0 aliphatic heterocycles. The van der Waals surface area contributed by atoms with Crippen LogP contribution in [0.3, 0.4) is 0 Å². The highest BCUT2D eigenvalue weighted by Gasteiger charge is 2.09. The first-order chi connectivity index (χ1) is 14.1. The lowest BCUT2D eigenvalue weighted by Gasteiger charge is -2.11. The Balaban J connectivity index is 1.51. The maximum atomic E-state index is 12.4. The minimum absolute atomic E-state index is 0.380. The van der Waals surface area contributed by atoms with Crippen molar-refractivity contribution in [2.75, 3.05) is 24.9 Å². The predicted molar refractivity (Wildman–Crippen MR) is 111 cm³/mol. The number of anilines is 2. The second kappa shape index (κ2) is 7.89. The summed E-state index contributed by atoms with van der Waals surface area (Å²) in [5, 5.41) is 5.61. The summed E-state index contributed by atoms with van der Waals surface area (Å²) in [7, 11) is 3.11. The van der Waals surface area contributed by atoms with Gasteiger partial charge in [-0.05, 0) is 18.2 Å². The largest absolute Gasteiger partial charge is 0.497 e. The van der Waals surface area contributed by atoms with Gasteiger partial charge in [-0.3, -0.25) is 4.40 Å². The van der Waals surface area contributed by atoms with Gasteiger partial charge in [0.25, 0.3) is 0 Å². The molecule has 0 spiro atoms. The van der Waals surface area contributed by atoms with Crippen molar-refractivity contribution in [3.05, 3.63) is 67.1 Å². The molecule has 4 rings (SSSR count). The summed E-state index contributed by atoms with van der Waals surface area (Å²) in [5.74, 6) is 1.79. The molecular formula is C21H19N5O3. The van der Waals surface area contributed by atoms with Crippen LogP contribution in [0, 0.1) is 0 Å². The molecule has 0 aliphatic rings. The molecule has 0 atom stereocenters. The average molecular weight is 389 g/mol. The lowest BCUT2D eigenvalue weighted by Crippen LogP contribution is -2.19. The zero-order chi connectivity index (χ0) is 20.2. The van der Waals surface area contributed by atoms with Gasteiger partial charge in [-0.25, -0.2) is 14.8 Å². The third-order valence-corrected chi connectivity index (χ3v) is 4.26. The number of nitrogens with zero attached hydrogens (tertiary/aromatic N) is 3. The van der Waals surface area contributed by atoms with Crippen LogP contribution in [0.5, 0.6) is 11.5 Å². The summed E-state index contributed by atoms with van der Waals surface area (Å²) < 4.78 is 12.3. The van der Waals surface area contributed by atoms with Crippen molar-refractivity contribution in [3.8, 4) is 22.8 Å². The molecule has 0 fully saturated rings. The van der Waals surface area contributed by atoms with E-state index < -0.39 is 0 Å². The van der Waals surface area contributed by atoms with Gasteiger partial charge in [-0.2, -0.15) is 0 Å². The van der Waals surface area contributed by atoms with Crippen LogP contribution in [-0.4, -0.2) is 34.6 Å². The van der Waals surface area contributed by atoms with Gasteiger partial charge < -0.3 is 20.1 Å². The van der Waals surface area contributed by atoms with E-state index in [1.165, 1.54) is 0 Å². The van der Waals surface area contributed by atoms with Gasteiger partial charge in [0.2, 0.25) is 5.78 Å². The summed E-state index contributed by atoms with van der Waals surface area (Å²) in [5.41, 5.74) is 2.84. The first kappa shape index (κ1) is 18.3. The molecule has 2 heterocycles. The predicted octanol–water partition coefficient (Wildman–Crippen LogP) is 4.06. The van der Waals surface area contributed by atoms with Crippen molar-refractivity contribution in [1.82, 2.24) is 14.4 Å². The Hall–Kier alpha value is -4.07. The quantitative estimate of drug-likeness (QED) is 0.537. The topological polar surface area (TPSA) is 89.8 Å². The first-order valence-electron chi connectivity index (χ1n) is 8.86. The van der Waals surface area contributed by atoms with E-state index >= 15 is 0 Å². The van der Waals surface area contributed by atoms with E-state index in [4.69, 9.17) is 9.47 Å². The van der Waals surface area contributed by atoms with Crippen molar-refractivity contribution < 1.29 is 14.3 Å². The molecule has 8 nitrogen and oxygen atoms in total. The number of rotatable bonds is 5. The van der Waals surface area contributed by atoms with Crippen LogP contribution in [0.1, 0.15) is 0 Å². The highest BCUT2D eigenvalue weighted by Crippen LogP contribution is 2.26. The van der Waals surface area contributed by atoms with Gasteiger partial charge in [0.15, 0.2) is 0 Å². The fourth-order valence-corrected chi connectivity index (χ4v) is 2.90. The molecule has 0 unspecified atom stereocenters. The number of ether oxygens (including phenoxy) is 2. The maximum Gasteiger partial charge on any atom is 0.323 e. The van der Waals surface area contributed by atoms with Gasteiger partial charge in [-0.1, -0.05) is 12.1 Å². The summed E-state index contributed by atoms with van der Waals surface area (Å²) in [6.45, 7) is 0. The van der Waals surface area contributed by atoms with Crippen LogP contribution in [0.15, 0.2) is 67.1 Å². The van der Waals surface area contributed by atoms with Crippen molar-refractivity contribution in [3.63, 3.8) is 0 Å². The summed E-state index contributed by atoms with van der Waals surface area (Å²) in [4.78, 5) is 21.2. The third kappa shape index (κ3) is 4.11. The number of urea groups is 1. The van der Waals surface area contributed by atoms with Crippen LogP contribution in [0.25, 0.3) is 17.0 Å². The van der Waals surface area contributed by atoms with Crippen LogP contribution >= 0.6 is 0 Å². The van der Waals surface area contributed by atoms with E-state index in [1.54, 1.807) is 38.6 Å². The molecule has 2 aromatic carbocycles. The van der Waals surface area contributed by atoms with E-state index in [-0.39, 0.29) is 6.03 Å². The lowest BCUT2D eigenvalue weighted by atomic mass is 10.1. The van der Waals surface area contributed by atoms with Gasteiger partial charge in [0, 0.05) is 53.7 Å². The molecular weight excluding hydrogens is 370 g/mol. The first-order valence-corrected chi connectivity index (χ1v) is 8.86. The number of methoxy groups -OCH3 is 2. The molecule has 8 heteroatoms. The molecule has 146 valence electrons. The number of fused-ring (bicyclic) bond motifs is 1. The Labute approximate surface area is 167 Å². The van der Waals surface area contributed by atoms with Gasteiger partial charge in [-0.15, -0.1) is 0 Å². The van der Waals surface area contributed by atoms with E-state index in [0.717, 1.165) is 11.3 Å². The van der Waals surface area contributed by atoms with E-state index in [9.17, 15) is 4.79 Å². The fourth-order valence-electron chi connectivity index (χ4n) is 2.90. The highest BCUT2D eigenvalue weighted by atomic mass is 16.5. The second-order valence-electron chi connectivity index (χ2n) is 6.21. The Bertz CT molecular complexity index is 1120. The van der Waals surface area contributed by atoms with Crippen LogP contribution in [0.2, 0.25) is 0 Å². The average Bonchev–Trinajstić information content (AvgIpc) is 3.18. The van der Waals surface area contributed by atoms with Crippen LogP contribution < -0.4 is 20.1 Å². The minimum atomic E-state index is -0.380. The molecule has 2 amide bonds. The lowest BCUT2D eigenvalue weighted by molar-refractivity contribution is 0.262. The van der Waals surface area contributed by atoms with Crippen molar-refractivity contribution in [1.29, 1.82) is 0 Å². The number of benzene rings is 2. The maximum absolute atomic E-state index is 12.4. The fraction of sp³-hybridized carbons (Fsp3) is 0.0952. The minimum Gasteiger partial charge on any atom is -0.497 e. The van der Waals surface area contributed by atoms with E-state index in [1.807, 2.05) is 47.1 Å².